The quantitative estimate of drug-likeness (QED) is 0.759. The molecule has 0 aliphatic rings. The van der Waals surface area contributed by atoms with Crippen molar-refractivity contribution in [3.8, 4) is 11.3 Å². The first-order valence-corrected chi connectivity index (χ1v) is 6.04. The summed E-state index contributed by atoms with van der Waals surface area (Å²) in [5, 5.41) is 4.01. The van der Waals surface area contributed by atoms with Gasteiger partial charge < -0.3 is 0 Å². The average molecular weight is 281 g/mol. The van der Waals surface area contributed by atoms with Crippen LogP contribution in [0.4, 0.5) is 0 Å². The van der Waals surface area contributed by atoms with Gasteiger partial charge in [0.2, 0.25) is 0 Å². The first kappa shape index (κ1) is 8.69. The van der Waals surface area contributed by atoms with E-state index in [4.69, 9.17) is 11.6 Å². The summed E-state index contributed by atoms with van der Waals surface area (Å²) >= 11 is 12.2. The third-order valence-corrected chi connectivity index (χ3v) is 3.80. The Morgan fingerprint density at radius 3 is 2.67 bits per heavy atom. The summed E-state index contributed by atoms with van der Waals surface area (Å²) in [4.78, 5) is 4.28. The highest BCUT2D eigenvalue weighted by Crippen LogP contribution is 2.30. The standard InChI is InChI=1S/C7H3BrClNS2/c8-7-10-5(3-12-7)4-1-6(9)11-2-4/h1-3H. The Kier molecular flexibility index (Phi) is 2.50. The van der Waals surface area contributed by atoms with E-state index in [1.807, 2.05) is 16.8 Å². The maximum atomic E-state index is 5.80. The molecule has 0 spiro atoms. The summed E-state index contributed by atoms with van der Waals surface area (Å²) < 4.78 is 1.70. The van der Waals surface area contributed by atoms with Crippen LogP contribution in [0.3, 0.4) is 0 Å². The minimum atomic E-state index is 0.800. The molecule has 5 heteroatoms. The number of nitrogens with zero attached hydrogens (tertiary/aromatic N) is 1. The summed E-state index contributed by atoms with van der Waals surface area (Å²) in [6, 6.07) is 1.92. The Hall–Kier alpha value is 0.1000. The zero-order chi connectivity index (χ0) is 8.55. The maximum absolute atomic E-state index is 5.80. The predicted octanol–water partition coefficient (Wildman–Crippen LogP) is 4.29. The molecule has 2 aromatic heterocycles. The van der Waals surface area contributed by atoms with Crippen LogP contribution in [0.15, 0.2) is 20.7 Å². The van der Waals surface area contributed by atoms with Gasteiger partial charge in [-0.15, -0.1) is 22.7 Å². The van der Waals surface area contributed by atoms with Crippen molar-refractivity contribution in [2.45, 2.75) is 0 Å². The summed E-state index contributed by atoms with van der Waals surface area (Å²) in [5.41, 5.74) is 2.07. The van der Waals surface area contributed by atoms with Gasteiger partial charge in [-0.05, 0) is 22.0 Å². The van der Waals surface area contributed by atoms with Gasteiger partial charge in [-0.2, -0.15) is 0 Å². The zero-order valence-corrected chi connectivity index (χ0v) is 9.73. The average Bonchev–Trinajstić information content (AvgIpc) is 2.58. The number of hydrogen-bond acceptors (Lipinski definition) is 3. The fourth-order valence-corrected chi connectivity index (χ4v) is 2.72. The molecule has 0 saturated carbocycles. The van der Waals surface area contributed by atoms with Crippen LogP contribution in [-0.2, 0) is 0 Å². The summed E-state index contributed by atoms with van der Waals surface area (Å²) in [5.74, 6) is 0. The summed E-state index contributed by atoms with van der Waals surface area (Å²) in [7, 11) is 0. The predicted molar refractivity (Wildman–Crippen MR) is 58.1 cm³/mol. The number of rotatable bonds is 1. The molecule has 0 aliphatic heterocycles. The van der Waals surface area contributed by atoms with E-state index >= 15 is 0 Å². The normalized spacial score (nSPS) is 10.5. The van der Waals surface area contributed by atoms with Crippen molar-refractivity contribution in [2.75, 3.05) is 0 Å². The molecule has 0 N–H and O–H groups in total. The van der Waals surface area contributed by atoms with Gasteiger partial charge in [0.1, 0.15) is 0 Å². The third kappa shape index (κ3) is 1.71. The molecule has 0 fully saturated rings. The van der Waals surface area contributed by atoms with Gasteiger partial charge in [-0.1, -0.05) is 11.6 Å². The number of aromatic nitrogens is 1. The van der Waals surface area contributed by atoms with Gasteiger partial charge in [0.25, 0.3) is 0 Å². The highest BCUT2D eigenvalue weighted by atomic mass is 79.9. The smallest absolute Gasteiger partial charge is 0.159 e. The van der Waals surface area contributed by atoms with E-state index in [0.29, 0.717) is 0 Å². The Labute approximate surface area is 91.2 Å². The Morgan fingerprint density at radius 2 is 2.17 bits per heavy atom. The van der Waals surface area contributed by atoms with E-state index in [0.717, 1.165) is 19.5 Å². The molecule has 0 aromatic carbocycles. The molecule has 0 amide bonds. The van der Waals surface area contributed by atoms with Crippen LogP contribution in [-0.4, -0.2) is 4.98 Å². The van der Waals surface area contributed by atoms with E-state index < -0.39 is 0 Å². The van der Waals surface area contributed by atoms with Crippen molar-refractivity contribution in [1.82, 2.24) is 4.98 Å². The van der Waals surface area contributed by atoms with Crippen LogP contribution < -0.4 is 0 Å². The molecule has 0 unspecified atom stereocenters. The fraction of sp³-hybridized carbons (Fsp3) is 0. The van der Waals surface area contributed by atoms with Crippen LogP contribution in [0.1, 0.15) is 0 Å². The van der Waals surface area contributed by atoms with Crippen LogP contribution in [0, 0.1) is 0 Å². The molecule has 0 atom stereocenters. The van der Waals surface area contributed by atoms with Crippen LogP contribution >= 0.6 is 50.2 Å². The second kappa shape index (κ2) is 3.46. The van der Waals surface area contributed by atoms with Gasteiger partial charge in [0, 0.05) is 16.3 Å². The number of thiazole rings is 1. The second-order valence-electron chi connectivity index (χ2n) is 2.13. The van der Waals surface area contributed by atoms with Crippen molar-refractivity contribution in [3.05, 3.63) is 25.1 Å². The van der Waals surface area contributed by atoms with Crippen molar-refractivity contribution >= 4 is 50.2 Å². The third-order valence-electron chi connectivity index (χ3n) is 1.34. The second-order valence-corrected chi connectivity index (χ2v) is 5.80. The molecule has 0 saturated heterocycles. The first-order valence-electron chi connectivity index (χ1n) is 3.11. The number of halogens is 2. The minimum absolute atomic E-state index is 0.800. The molecule has 62 valence electrons. The Morgan fingerprint density at radius 1 is 1.33 bits per heavy atom. The van der Waals surface area contributed by atoms with Crippen LogP contribution in [0.5, 0.6) is 0 Å². The van der Waals surface area contributed by atoms with Crippen molar-refractivity contribution in [1.29, 1.82) is 0 Å². The van der Waals surface area contributed by atoms with Gasteiger partial charge in [-0.25, -0.2) is 4.98 Å². The molecule has 2 rings (SSSR count). The molecular formula is C7H3BrClNS2. The van der Waals surface area contributed by atoms with Gasteiger partial charge >= 0.3 is 0 Å². The van der Waals surface area contributed by atoms with Crippen LogP contribution in [0.2, 0.25) is 4.34 Å². The van der Waals surface area contributed by atoms with Gasteiger partial charge in [0.05, 0.1) is 10.0 Å². The zero-order valence-electron chi connectivity index (χ0n) is 5.75. The lowest BCUT2D eigenvalue weighted by Gasteiger charge is -1.85. The molecule has 2 aromatic rings. The molecule has 2 heterocycles. The Balaban J connectivity index is 2.43. The molecule has 0 bridgehead atoms. The van der Waals surface area contributed by atoms with Crippen molar-refractivity contribution in [3.63, 3.8) is 0 Å². The topological polar surface area (TPSA) is 12.9 Å². The number of thiophene rings is 1. The van der Waals surface area contributed by atoms with Crippen LogP contribution in [0.25, 0.3) is 11.3 Å². The largest absolute Gasteiger partial charge is 0.229 e. The van der Waals surface area contributed by atoms with Gasteiger partial charge in [0.15, 0.2) is 3.92 Å². The molecule has 12 heavy (non-hydrogen) atoms. The van der Waals surface area contributed by atoms with E-state index in [1.54, 1.807) is 11.3 Å². The highest BCUT2D eigenvalue weighted by molar-refractivity contribution is 9.11. The Bertz CT molecular complexity index is 357. The minimum Gasteiger partial charge on any atom is -0.229 e. The highest BCUT2D eigenvalue weighted by Gasteiger charge is 2.04. The maximum Gasteiger partial charge on any atom is 0.159 e. The van der Waals surface area contributed by atoms with E-state index in [-0.39, 0.29) is 0 Å². The molecular weight excluding hydrogens is 278 g/mol. The molecule has 0 aliphatic carbocycles. The van der Waals surface area contributed by atoms with Crippen molar-refractivity contribution < 1.29 is 0 Å². The lowest BCUT2D eigenvalue weighted by molar-refractivity contribution is 1.38. The lowest BCUT2D eigenvalue weighted by atomic mass is 10.3. The lowest BCUT2D eigenvalue weighted by Crippen LogP contribution is -1.69. The van der Waals surface area contributed by atoms with Crippen molar-refractivity contribution in [2.24, 2.45) is 0 Å². The SMILES string of the molecule is Clc1cc(-c2csc(Br)n2)cs1. The van der Waals surface area contributed by atoms with E-state index in [2.05, 4.69) is 20.9 Å². The number of hydrogen-bond donors (Lipinski definition) is 0. The van der Waals surface area contributed by atoms with Gasteiger partial charge in [-0.3, -0.25) is 0 Å². The summed E-state index contributed by atoms with van der Waals surface area (Å²) in [6.07, 6.45) is 0. The monoisotopic (exact) mass is 279 g/mol. The van der Waals surface area contributed by atoms with E-state index in [9.17, 15) is 0 Å². The fourth-order valence-electron chi connectivity index (χ4n) is 0.829. The molecule has 0 radical (unpaired) electrons. The first-order chi connectivity index (χ1) is 5.75. The van der Waals surface area contributed by atoms with E-state index in [1.165, 1.54) is 11.3 Å². The summed E-state index contributed by atoms with van der Waals surface area (Å²) in [6.45, 7) is 0. The molecule has 1 nitrogen and oxygen atoms in total.